The van der Waals surface area contributed by atoms with Crippen molar-refractivity contribution in [2.45, 2.75) is 32.1 Å². The highest BCUT2D eigenvalue weighted by Crippen LogP contribution is 2.12. The summed E-state index contributed by atoms with van der Waals surface area (Å²) in [5.41, 5.74) is 0. The summed E-state index contributed by atoms with van der Waals surface area (Å²) in [5, 5.41) is 12.9. The smallest absolute Gasteiger partial charge is 0.334 e. The Morgan fingerprint density at radius 3 is 2.89 bits per heavy atom. The van der Waals surface area contributed by atoms with Gasteiger partial charge >= 0.3 is 5.97 Å². The number of hydrogen-bond donors (Lipinski definition) is 1. The molecule has 0 bridgehead atoms. The summed E-state index contributed by atoms with van der Waals surface area (Å²) in [4.78, 5) is 28.3. The second kappa shape index (κ2) is 5.79. The highest BCUT2D eigenvalue weighted by molar-refractivity contribution is 5.78. The van der Waals surface area contributed by atoms with Crippen molar-refractivity contribution in [1.29, 1.82) is 0 Å². The van der Waals surface area contributed by atoms with Gasteiger partial charge in [-0.1, -0.05) is 0 Å². The van der Waals surface area contributed by atoms with E-state index < -0.39 is 12.1 Å². The van der Waals surface area contributed by atoms with Crippen LogP contribution in [0.1, 0.15) is 13.3 Å². The molecule has 1 saturated heterocycles. The number of carboxylic acids is 1. The van der Waals surface area contributed by atoms with Crippen molar-refractivity contribution >= 4 is 11.9 Å². The van der Waals surface area contributed by atoms with Crippen molar-refractivity contribution in [3.05, 3.63) is 12.7 Å². The van der Waals surface area contributed by atoms with E-state index in [1.165, 1.54) is 17.6 Å². The zero-order valence-corrected chi connectivity index (χ0v) is 10.6. The normalized spacial score (nSPS) is 23.3. The number of amides is 1. The van der Waals surface area contributed by atoms with Gasteiger partial charge in [-0.3, -0.25) is 9.48 Å². The highest BCUT2D eigenvalue weighted by Gasteiger charge is 2.32. The summed E-state index contributed by atoms with van der Waals surface area (Å²) in [6.07, 6.45) is 1.99. The van der Waals surface area contributed by atoms with Crippen LogP contribution >= 0.6 is 0 Å². The topological polar surface area (TPSA) is 97.6 Å². The van der Waals surface area contributed by atoms with Gasteiger partial charge in [0.2, 0.25) is 5.91 Å². The first-order valence-electron chi connectivity index (χ1n) is 6.04. The van der Waals surface area contributed by atoms with E-state index in [2.05, 4.69) is 10.1 Å². The number of morpholine rings is 1. The standard InChI is InChI=1S/C11H16N4O4/c1-8-4-14(5-9(19-8)11(17)18)10(16)2-3-15-7-12-6-13-15/h6-9H,2-5H2,1H3,(H,17,18)/t8-,9?/m1/s1. The fourth-order valence-electron chi connectivity index (χ4n) is 2.01. The molecule has 2 heterocycles. The van der Waals surface area contributed by atoms with Crippen LogP contribution < -0.4 is 0 Å². The molecule has 1 aromatic rings. The van der Waals surface area contributed by atoms with Gasteiger partial charge in [-0.25, -0.2) is 9.78 Å². The minimum atomic E-state index is -1.04. The molecule has 2 rings (SSSR count). The third kappa shape index (κ3) is 3.50. The molecule has 0 spiro atoms. The second-order valence-electron chi connectivity index (χ2n) is 4.48. The minimum Gasteiger partial charge on any atom is -0.479 e. The number of hydrogen-bond acceptors (Lipinski definition) is 5. The third-order valence-corrected chi connectivity index (χ3v) is 2.91. The fraction of sp³-hybridized carbons (Fsp3) is 0.636. The van der Waals surface area contributed by atoms with Crippen LogP contribution in [0.4, 0.5) is 0 Å². The van der Waals surface area contributed by atoms with E-state index in [0.717, 1.165) is 0 Å². The van der Waals surface area contributed by atoms with Gasteiger partial charge in [-0.05, 0) is 6.92 Å². The minimum absolute atomic E-state index is 0.0931. The quantitative estimate of drug-likeness (QED) is 0.780. The van der Waals surface area contributed by atoms with E-state index >= 15 is 0 Å². The Labute approximate surface area is 110 Å². The van der Waals surface area contributed by atoms with Gasteiger partial charge in [-0.15, -0.1) is 0 Å². The molecule has 0 aliphatic carbocycles. The van der Waals surface area contributed by atoms with E-state index in [-0.39, 0.29) is 25.0 Å². The predicted octanol–water partition coefficient (Wildman–Crippen LogP) is -0.631. The van der Waals surface area contributed by atoms with E-state index in [9.17, 15) is 9.59 Å². The molecule has 2 atom stereocenters. The second-order valence-corrected chi connectivity index (χ2v) is 4.48. The van der Waals surface area contributed by atoms with Crippen molar-refractivity contribution in [2.24, 2.45) is 0 Å². The van der Waals surface area contributed by atoms with Crippen LogP contribution in [0.3, 0.4) is 0 Å². The van der Waals surface area contributed by atoms with Crippen molar-refractivity contribution in [2.75, 3.05) is 13.1 Å². The maximum absolute atomic E-state index is 12.0. The first-order valence-corrected chi connectivity index (χ1v) is 6.04. The third-order valence-electron chi connectivity index (χ3n) is 2.91. The molecular weight excluding hydrogens is 252 g/mol. The lowest BCUT2D eigenvalue weighted by Crippen LogP contribution is -2.51. The number of carboxylic acid groups (broad SMARTS) is 1. The number of aromatic nitrogens is 3. The van der Waals surface area contributed by atoms with Crippen LogP contribution in [0.2, 0.25) is 0 Å². The van der Waals surface area contributed by atoms with Crippen molar-refractivity contribution < 1.29 is 19.4 Å². The van der Waals surface area contributed by atoms with Crippen LogP contribution in [-0.4, -0.2) is 61.9 Å². The van der Waals surface area contributed by atoms with Gasteiger partial charge in [0.25, 0.3) is 0 Å². The summed E-state index contributed by atoms with van der Waals surface area (Å²) >= 11 is 0. The Kier molecular flexibility index (Phi) is 4.10. The Balaban J connectivity index is 1.89. The number of rotatable bonds is 4. The van der Waals surface area contributed by atoms with Gasteiger partial charge in [0.1, 0.15) is 12.7 Å². The Bertz CT molecular complexity index is 448. The molecule has 1 aliphatic rings. The summed E-state index contributed by atoms with van der Waals surface area (Å²) in [7, 11) is 0. The van der Waals surface area contributed by atoms with Crippen LogP contribution in [0.15, 0.2) is 12.7 Å². The number of nitrogens with zero attached hydrogens (tertiary/aromatic N) is 4. The van der Waals surface area contributed by atoms with Gasteiger partial charge in [-0.2, -0.15) is 5.10 Å². The van der Waals surface area contributed by atoms with E-state index in [1.54, 1.807) is 11.6 Å². The first-order chi connectivity index (χ1) is 9.06. The lowest BCUT2D eigenvalue weighted by Gasteiger charge is -2.35. The molecule has 0 saturated carbocycles. The molecule has 1 N–H and O–H groups in total. The molecule has 1 aliphatic heterocycles. The lowest BCUT2D eigenvalue weighted by atomic mass is 10.2. The van der Waals surface area contributed by atoms with Crippen LogP contribution in [0, 0.1) is 0 Å². The molecule has 1 fully saturated rings. The van der Waals surface area contributed by atoms with Gasteiger partial charge in [0, 0.05) is 13.0 Å². The number of carbonyl (C=O) groups is 2. The van der Waals surface area contributed by atoms with Gasteiger partial charge < -0.3 is 14.7 Å². The van der Waals surface area contributed by atoms with E-state index in [0.29, 0.717) is 13.1 Å². The first kappa shape index (κ1) is 13.5. The number of ether oxygens (including phenoxy) is 1. The number of carbonyl (C=O) groups excluding carboxylic acids is 1. The van der Waals surface area contributed by atoms with E-state index in [4.69, 9.17) is 9.84 Å². The Hall–Kier alpha value is -1.96. The fourth-order valence-corrected chi connectivity index (χ4v) is 2.01. The summed E-state index contributed by atoms with van der Waals surface area (Å²) in [6.45, 7) is 2.70. The predicted molar refractivity (Wildman–Crippen MR) is 63.2 cm³/mol. The average molecular weight is 268 g/mol. The molecule has 1 amide bonds. The van der Waals surface area contributed by atoms with Gasteiger partial charge in [0.15, 0.2) is 6.10 Å². The van der Waals surface area contributed by atoms with Crippen molar-refractivity contribution in [3.63, 3.8) is 0 Å². The zero-order valence-electron chi connectivity index (χ0n) is 10.6. The molecule has 1 aromatic heterocycles. The van der Waals surface area contributed by atoms with Crippen LogP contribution in [0.25, 0.3) is 0 Å². The SMILES string of the molecule is C[C@@H]1CN(C(=O)CCn2cncn2)CC(C(=O)O)O1. The van der Waals surface area contributed by atoms with Crippen molar-refractivity contribution in [1.82, 2.24) is 19.7 Å². The summed E-state index contributed by atoms with van der Waals surface area (Å²) in [5.74, 6) is -1.14. The molecule has 1 unspecified atom stereocenters. The van der Waals surface area contributed by atoms with E-state index in [1.807, 2.05) is 0 Å². The highest BCUT2D eigenvalue weighted by atomic mass is 16.5. The molecule has 8 nitrogen and oxygen atoms in total. The molecule has 0 radical (unpaired) electrons. The van der Waals surface area contributed by atoms with Crippen LogP contribution in [-0.2, 0) is 20.9 Å². The van der Waals surface area contributed by atoms with Crippen molar-refractivity contribution in [3.8, 4) is 0 Å². The lowest BCUT2D eigenvalue weighted by molar-refractivity contribution is -0.166. The van der Waals surface area contributed by atoms with Crippen LogP contribution in [0.5, 0.6) is 0 Å². The maximum atomic E-state index is 12.0. The summed E-state index contributed by atoms with van der Waals surface area (Å²) < 4.78 is 6.82. The number of aliphatic carboxylic acids is 1. The van der Waals surface area contributed by atoms with Gasteiger partial charge in [0.05, 0.1) is 19.2 Å². The molecule has 0 aromatic carbocycles. The largest absolute Gasteiger partial charge is 0.479 e. The molecular formula is C11H16N4O4. The average Bonchev–Trinajstić information content (AvgIpc) is 2.88. The molecule has 8 heteroatoms. The molecule has 19 heavy (non-hydrogen) atoms. The summed E-state index contributed by atoms with van der Waals surface area (Å²) in [6, 6.07) is 0. The maximum Gasteiger partial charge on any atom is 0.334 e. The number of aryl methyl sites for hydroxylation is 1. The zero-order chi connectivity index (χ0) is 13.8. The monoisotopic (exact) mass is 268 g/mol. The Morgan fingerprint density at radius 1 is 1.47 bits per heavy atom. The Morgan fingerprint density at radius 2 is 2.26 bits per heavy atom. The molecule has 104 valence electrons.